The van der Waals surface area contributed by atoms with Gasteiger partial charge >= 0.3 is 0 Å². The standard InChI is InChI=1S/C31H38N8O6S/c1-5-18-15-31(18,29(42)37-46(43,44)20-10-11-20)34-26(40)23-14-19(16-39(23)28(41)24(32)30(2,3)4)45-27-22-9-7-6-8-21(22)25(35-36-27)38-13-12-33-17-38/h5-9,12-13,17-20,23-24H,1,10-11,14-16,32H2,2-4H3,(H,34,40)(H,37,42)/t18-,19-,23-,24-,31+/m1/s1. The second-order valence-electron chi connectivity index (χ2n) is 13.4. The summed E-state index contributed by atoms with van der Waals surface area (Å²) in [7, 11) is -3.85. The summed E-state index contributed by atoms with van der Waals surface area (Å²) in [6.07, 6.45) is 7.07. The number of likely N-dealkylation sites (tertiary alicyclic amines) is 1. The number of hydrogen-bond donors (Lipinski definition) is 3. The molecule has 5 atom stereocenters. The lowest BCUT2D eigenvalue weighted by Gasteiger charge is -2.33. The quantitative estimate of drug-likeness (QED) is 0.269. The first-order valence-electron chi connectivity index (χ1n) is 15.2. The van der Waals surface area contributed by atoms with E-state index >= 15 is 0 Å². The molecule has 15 heteroatoms. The minimum atomic E-state index is -3.85. The highest BCUT2D eigenvalue weighted by molar-refractivity contribution is 7.91. The second-order valence-corrected chi connectivity index (χ2v) is 15.3. The molecule has 1 saturated heterocycles. The van der Waals surface area contributed by atoms with Crippen LogP contribution in [0.1, 0.15) is 46.5 Å². The van der Waals surface area contributed by atoms with E-state index in [0.29, 0.717) is 24.0 Å². The number of benzene rings is 1. The third-order valence-corrected chi connectivity index (χ3v) is 10.8. The van der Waals surface area contributed by atoms with Gasteiger partial charge in [-0.3, -0.25) is 23.7 Å². The van der Waals surface area contributed by atoms with Crippen molar-refractivity contribution in [1.82, 2.24) is 34.7 Å². The van der Waals surface area contributed by atoms with Gasteiger partial charge in [0.25, 0.3) is 5.91 Å². The molecule has 3 heterocycles. The molecule has 4 N–H and O–H groups in total. The Labute approximate surface area is 266 Å². The van der Waals surface area contributed by atoms with E-state index in [4.69, 9.17) is 10.5 Å². The number of amides is 3. The van der Waals surface area contributed by atoms with E-state index in [1.165, 1.54) is 11.0 Å². The molecule has 0 radical (unpaired) electrons. The van der Waals surface area contributed by atoms with Gasteiger partial charge in [0, 0.05) is 35.5 Å². The van der Waals surface area contributed by atoms with Crippen LogP contribution >= 0.6 is 0 Å². The zero-order valence-electron chi connectivity index (χ0n) is 25.9. The first kappa shape index (κ1) is 31.6. The molecular formula is C31H38N8O6S. The van der Waals surface area contributed by atoms with Crippen LogP contribution in [0.3, 0.4) is 0 Å². The average Bonchev–Trinajstić information content (AvgIpc) is 3.89. The molecule has 1 aromatic carbocycles. The van der Waals surface area contributed by atoms with Crippen molar-refractivity contribution in [2.24, 2.45) is 17.1 Å². The lowest BCUT2D eigenvalue weighted by Crippen LogP contribution is -2.59. The maximum Gasteiger partial charge on any atom is 0.259 e. The maximum absolute atomic E-state index is 14.0. The normalized spacial score (nSPS) is 25.1. The van der Waals surface area contributed by atoms with E-state index in [9.17, 15) is 22.8 Å². The van der Waals surface area contributed by atoms with E-state index in [0.717, 1.165) is 5.39 Å². The van der Waals surface area contributed by atoms with Crippen LogP contribution < -0.4 is 20.5 Å². The summed E-state index contributed by atoms with van der Waals surface area (Å²) in [5.41, 5.74) is 4.27. The Morgan fingerprint density at radius 2 is 1.89 bits per heavy atom. The molecule has 2 saturated carbocycles. The van der Waals surface area contributed by atoms with Crippen molar-refractivity contribution in [2.45, 2.75) is 75.4 Å². The van der Waals surface area contributed by atoms with Crippen molar-refractivity contribution in [3.05, 3.63) is 55.6 Å². The van der Waals surface area contributed by atoms with Gasteiger partial charge in [-0.15, -0.1) is 16.8 Å². The molecule has 0 unspecified atom stereocenters. The number of fused-ring (bicyclic) bond motifs is 1. The lowest BCUT2D eigenvalue weighted by molar-refractivity contribution is -0.142. The van der Waals surface area contributed by atoms with E-state index in [1.807, 2.05) is 45.0 Å². The molecule has 3 amide bonds. The van der Waals surface area contributed by atoms with Crippen LogP contribution in [0, 0.1) is 11.3 Å². The van der Waals surface area contributed by atoms with Gasteiger partial charge in [-0.1, -0.05) is 45.0 Å². The molecule has 0 spiro atoms. The first-order chi connectivity index (χ1) is 21.7. The molecule has 3 aliphatic rings. The van der Waals surface area contributed by atoms with Crippen LogP contribution in [-0.2, 0) is 24.4 Å². The van der Waals surface area contributed by atoms with Crippen molar-refractivity contribution >= 4 is 38.5 Å². The van der Waals surface area contributed by atoms with Crippen molar-refractivity contribution in [3.8, 4) is 11.7 Å². The number of aromatic nitrogens is 4. The number of ether oxygens (including phenoxy) is 1. The number of nitrogens with one attached hydrogen (secondary N) is 2. The first-order valence-corrected chi connectivity index (χ1v) is 16.8. The Morgan fingerprint density at radius 1 is 1.17 bits per heavy atom. The number of carbonyl (C=O) groups excluding carboxylic acids is 3. The summed E-state index contributed by atoms with van der Waals surface area (Å²) in [4.78, 5) is 46.5. The topological polar surface area (TPSA) is 191 Å². The Kier molecular flexibility index (Phi) is 7.87. The van der Waals surface area contributed by atoms with Crippen LogP contribution in [0.2, 0.25) is 0 Å². The van der Waals surface area contributed by atoms with Crippen LogP contribution in [0.4, 0.5) is 0 Å². The second kappa shape index (κ2) is 11.5. The highest BCUT2D eigenvalue weighted by atomic mass is 32.2. The number of sulfonamides is 1. The predicted molar refractivity (Wildman–Crippen MR) is 168 cm³/mol. The minimum absolute atomic E-state index is 0.0279. The van der Waals surface area contributed by atoms with E-state index in [-0.39, 0.29) is 25.3 Å². The molecule has 244 valence electrons. The van der Waals surface area contributed by atoms with Crippen molar-refractivity contribution in [1.29, 1.82) is 0 Å². The highest BCUT2D eigenvalue weighted by Gasteiger charge is 2.62. The monoisotopic (exact) mass is 650 g/mol. The van der Waals surface area contributed by atoms with E-state index < -0.39 is 68.1 Å². The minimum Gasteiger partial charge on any atom is -0.471 e. The summed E-state index contributed by atoms with van der Waals surface area (Å²) >= 11 is 0. The van der Waals surface area contributed by atoms with Gasteiger partial charge in [0.15, 0.2) is 5.82 Å². The predicted octanol–water partition coefficient (Wildman–Crippen LogP) is 1.21. The Bertz CT molecular complexity index is 1800. The third kappa shape index (κ3) is 5.84. The summed E-state index contributed by atoms with van der Waals surface area (Å²) in [6.45, 7) is 9.27. The van der Waals surface area contributed by atoms with Crippen LogP contribution in [0.5, 0.6) is 5.88 Å². The Morgan fingerprint density at radius 3 is 2.50 bits per heavy atom. The smallest absolute Gasteiger partial charge is 0.259 e. The number of nitrogens with zero attached hydrogens (tertiary/aromatic N) is 5. The van der Waals surface area contributed by atoms with Crippen molar-refractivity contribution < 1.29 is 27.5 Å². The third-order valence-electron chi connectivity index (χ3n) is 8.96. The van der Waals surface area contributed by atoms with Gasteiger partial charge in [0.2, 0.25) is 27.7 Å². The summed E-state index contributed by atoms with van der Waals surface area (Å²) in [5.74, 6) is -1.56. The highest BCUT2D eigenvalue weighted by Crippen LogP contribution is 2.45. The van der Waals surface area contributed by atoms with Crippen molar-refractivity contribution in [3.63, 3.8) is 0 Å². The molecule has 1 aliphatic heterocycles. The lowest BCUT2D eigenvalue weighted by atomic mass is 9.86. The summed E-state index contributed by atoms with van der Waals surface area (Å²) in [6, 6.07) is 5.46. The van der Waals surface area contributed by atoms with Gasteiger partial charge in [-0.05, 0) is 30.7 Å². The number of rotatable bonds is 10. The molecule has 14 nitrogen and oxygen atoms in total. The molecule has 46 heavy (non-hydrogen) atoms. The molecule has 0 bridgehead atoms. The van der Waals surface area contributed by atoms with Crippen LogP contribution in [0.25, 0.3) is 16.6 Å². The summed E-state index contributed by atoms with van der Waals surface area (Å²) in [5, 5.41) is 12.3. The fourth-order valence-electron chi connectivity index (χ4n) is 5.83. The molecule has 3 aromatic rings. The number of carbonyl (C=O) groups is 3. The van der Waals surface area contributed by atoms with Crippen LogP contribution in [-0.4, -0.2) is 86.3 Å². The molecule has 3 fully saturated rings. The number of imidazole rings is 1. The van der Waals surface area contributed by atoms with Gasteiger partial charge in [0.05, 0.1) is 17.8 Å². The Balaban J connectivity index is 1.27. The number of nitrogens with two attached hydrogens (primary N) is 1. The summed E-state index contributed by atoms with van der Waals surface area (Å²) < 4.78 is 35.3. The SMILES string of the molecule is C=C[C@@H]1C[C@@]1(NC(=O)[C@H]1C[C@@H](Oc2nnc(-n3ccnc3)c3ccccc23)CN1C(=O)[C@@H](N)C(C)(C)C)C(=O)NS(=O)(=O)C1CC1. The van der Waals surface area contributed by atoms with Crippen molar-refractivity contribution in [2.75, 3.05) is 6.54 Å². The fraction of sp³-hybridized carbons (Fsp3) is 0.484. The van der Waals surface area contributed by atoms with E-state index in [2.05, 4.69) is 31.8 Å². The zero-order valence-corrected chi connectivity index (χ0v) is 26.7. The molecular weight excluding hydrogens is 612 g/mol. The molecule has 2 aliphatic carbocycles. The zero-order chi connectivity index (χ0) is 33.0. The van der Waals surface area contributed by atoms with Gasteiger partial charge in [-0.25, -0.2) is 13.4 Å². The maximum atomic E-state index is 14.0. The van der Waals surface area contributed by atoms with Gasteiger partial charge < -0.3 is 20.7 Å². The van der Waals surface area contributed by atoms with Gasteiger partial charge in [0.1, 0.15) is 24.0 Å². The molecule has 6 rings (SSSR count). The number of hydrogen-bond acceptors (Lipinski definition) is 10. The average molecular weight is 651 g/mol. The Hall–Kier alpha value is -4.37. The van der Waals surface area contributed by atoms with Crippen LogP contribution in [0.15, 0.2) is 55.6 Å². The molecule has 2 aromatic heterocycles. The van der Waals surface area contributed by atoms with E-state index in [1.54, 1.807) is 23.3 Å². The fourth-order valence-corrected chi connectivity index (χ4v) is 7.19. The largest absolute Gasteiger partial charge is 0.471 e. The van der Waals surface area contributed by atoms with Gasteiger partial charge in [-0.2, -0.15) is 0 Å².